The number of allylic oxidation sites excluding steroid dienone is 1. The lowest BCUT2D eigenvalue weighted by molar-refractivity contribution is -0.143. The predicted octanol–water partition coefficient (Wildman–Crippen LogP) is 7.02. The normalized spacial score (nSPS) is 14.9. The van der Waals surface area contributed by atoms with Gasteiger partial charge in [-0.25, -0.2) is 0 Å². The fraction of sp³-hybridized carbons (Fsp3) is 0.348. The van der Waals surface area contributed by atoms with Crippen molar-refractivity contribution in [3.05, 3.63) is 63.1 Å². The number of alkyl halides is 3. The zero-order valence-electron chi connectivity index (χ0n) is 18.4. The van der Waals surface area contributed by atoms with Crippen molar-refractivity contribution in [2.45, 2.75) is 45.5 Å². The summed E-state index contributed by atoms with van der Waals surface area (Å²) in [6.07, 6.45) is 0.983. The summed E-state index contributed by atoms with van der Waals surface area (Å²) in [5, 5.41) is 0.436. The molecule has 5 nitrogen and oxygen atoms in total. The Morgan fingerprint density at radius 3 is 2.21 bits per heavy atom. The molecule has 0 fully saturated rings. The van der Waals surface area contributed by atoms with E-state index in [4.69, 9.17) is 32.1 Å². The van der Waals surface area contributed by atoms with Gasteiger partial charge in [0.15, 0.2) is 5.76 Å². The van der Waals surface area contributed by atoms with E-state index < -0.39 is 32.8 Å². The lowest BCUT2D eigenvalue weighted by Crippen LogP contribution is -2.26. The van der Waals surface area contributed by atoms with E-state index in [1.807, 2.05) is 0 Å². The van der Waals surface area contributed by atoms with Crippen LogP contribution in [0.5, 0.6) is 5.75 Å². The van der Waals surface area contributed by atoms with Gasteiger partial charge in [-0.05, 0) is 75.9 Å². The Labute approximate surface area is 205 Å². The molecule has 0 heterocycles. The van der Waals surface area contributed by atoms with Crippen LogP contribution in [0, 0.1) is 5.41 Å². The number of carbonyl (C=O) groups is 1. The van der Waals surface area contributed by atoms with Gasteiger partial charge in [-0.2, -0.15) is 21.6 Å². The Kier molecular flexibility index (Phi) is 7.32. The Hall–Kier alpha value is -2.23. The van der Waals surface area contributed by atoms with Crippen molar-refractivity contribution >= 4 is 50.6 Å². The summed E-state index contributed by atoms with van der Waals surface area (Å²) in [5.74, 6) is -0.797. The van der Waals surface area contributed by atoms with Crippen LogP contribution < -0.4 is 4.74 Å². The molecule has 0 saturated heterocycles. The molecule has 34 heavy (non-hydrogen) atoms. The number of benzene rings is 2. The first-order valence-corrected chi connectivity index (χ1v) is 12.3. The highest BCUT2D eigenvalue weighted by Gasteiger charge is 2.49. The maximum atomic E-state index is 13.2. The highest BCUT2D eigenvalue weighted by Crippen LogP contribution is 2.42. The molecular weight excluding hydrogens is 516 g/mol. The van der Waals surface area contributed by atoms with Crippen molar-refractivity contribution in [2.75, 3.05) is 0 Å². The number of hydrogen-bond donors (Lipinski definition) is 0. The average molecular weight is 537 g/mol. The van der Waals surface area contributed by atoms with Gasteiger partial charge in [0.2, 0.25) is 0 Å². The molecule has 0 radical (unpaired) electrons. The third-order valence-corrected chi connectivity index (χ3v) is 6.52. The van der Waals surface area contributed by atoms with Crippen molar-refractivity contribution in [1.29, 1.82) is 0 Å². The summed E-state index contributed by atoms with van der Waals surface area (Å²) in [7, 11) is -5.98. The Bertz CT molecular complexity index is 1260. The molecule has 0 bridgehead atoms. The first kappa shape index (κ1) is 26.4. The van der Waals surface area contributed by atoms with E-state index in [1.54, 1.807) is 20.8 Å². The number of ether oxygens (including phenoxy) is 1. The number of hydrogen-bond acceptors (Lipinski definition) is 5. The Morgan fingerprint density at radius 2 is 1.62 bits per heavy atom. The molecule has 0 amide bonds. The molecular formula is C23H21Cl2F3O5S. The third kappa shape index (κ3) is 5.70. The van der Waals surface area contributed by atoms with Crippen LogP contribution in [0.3, 0.4) is 0 Å². The quantitative estimate of drug-likeness (QED) is 0.182. The lowest BCUT2D eigenvalue weighted by Gasteiger charge is -2.19. The number of esters is 1. The van der Waals surface area contributed by atoms with Crippen LogP contribution in [0.1, 0.15) is 50.3 Å². The van der Waals surface area contributed by atoms with Crippen molar-refractivity contribution < 1.29 is 35.3 Å². The number of halogens is 5. The van der Waals surface area contributed by atoms with Crippen LogP contribution in [0.4, 0.5) is 13.2 Å². The topological polar surface area (TPSA) is 69.7 Å². The molecule has 3 rings (SSSR count). The molecule has 0 saturated carbocycles. The molecule has 0 spiro atoms. The SMILES string of the molecule is CC(C)(C)C(=O)Oc1ccc2c(c1)CCCC(c1ccc(Cl)cc1Cl)=C2OS(=O)(=O)C(F)(F)F. The van der Waals surface area contributed by atoms with E-state index in [0.29, 0.717) is 29.0 Å². The number of aryl methyl sites for hydroxylation is 1. The smallest absolute Gasteiger partial charge is 0.426 e. The minimum Gasteiger partial charge on any atom is -0.426 e. The Morgan fingerprint density at radius 1 is 0.971 bits per heavy atom. The standard InChI is InChI=1S/C23H21Cl2F3O5S/c1-22(2,3)21(29)32-15-8-10-16-13(11-15)5-4-6-18(17-9-7-14(24)12-19(17)25)20(16)33-34(30,31)23(26,27)28/h7-12H,4-6H2,1-3H3. The molecule has 2 aromatic carbocycles. The second kappa shape index (κ2) is 9.43. The van der Waals surface area contributed by atoms with Crippen LogP contribution in [0.15, 0.2) is 36.4 Å². The first-order chi connectivity index (χ1) is 15.6. The summed E-state index contributed by atoms with van der Waals surface area (Å²) < 4.78 is 73.7. The second-order valence-corrected chi connectivity index (χ2v) is 11.1. The maximum absolute atomic E-state index is 13.2. The highest BCUT2D eigenvalue weighted by molar-refractivity contribution is 7.87. The fourth-order valence-corrected chi connectivity index (χ4v) is 4.32. The van der Waals surface area contributed by atoms with Crippen LogP contribution in [-0.2, 0) is 25.5 Å². The summed E-state index contributed by atoms with van der Waals surface area (Å²) >= 11 is 12.2. The zero-order valence-corrected chi connectivity index (χ0v) is 20.8. The van der Waals surface area contributed by atoms with Gasteiger partial charge in [-0.1, -0.05) is 29.3 Å². The molecule has 11 heteroatoms. The minimum absolute atomic E-state index is 0.127. The number of carbonyl (C=O) groups excluding carboxylic acids is 1. The second-order valence-electron chi connectivity index (χ2n) is 8.73. The molecule has 2 aromatic rings. The molecule has 184 valence electrons. The van der Waals surface area contributed by atoms with Crippen LogP contribution >= 0.6 is 23.2 Å². The predicted molar refractivity (Wildman–Crippen MR) is 124 cm³/mol. The number of fused-ring (bicyclic) bond motifs is 1. The van der Waals surface area contributed by atoms with E-state index in [2.05, 4.69) is 0 Å². The van der Waals surface area contributed by atoms with Gasteiger partial charge >= 0.3 is 21.6 Å². The molecule has 0 N–H and O–H groups in total. The zero-order chi connectivity index (χ0) is 25.5. The maximum Gasteiger partial charge on any atom is 0.534 e. The van der Waals surface area contributed by atoms with Crippen molar-refractivity contribution in [3.8, 4) is 5.75 Å². The van der Waals surface area contributed by atoms with Crippen LogP contribution in [-0.4, -0.2) is 19.9 Å². The minimum atomic E-state index is -5.98. The largest absolute Gasteiger partial charge is 0.534 e. The van der Waals surface area contributed by atoms with Crippen molar-refractivity contribution in [3.63, 3.8) is 0 Å². The third-order valence-electron chi connectivity index (χ3n) is 5.02. The molecule has 0 aliphatic heterocycles. The monoisotopic (exact) mass is 536 g/mol. The van der Waals surface area contributed by atoms with Gasteiger partial charge in [-0.3, -0.25) is 4.79 Å². The van der Waals surface area contributed by atoms with Crippen molar-refractivity contribution in [2.24, 2.45) is 5.41 Å². The highest BCUT2D eigenvalue weighted by atomic mass is 35.5. The Balaban J connectivity index is 2.20. The van der Waals surface area contributed by atoms with E-state index in [-0.39, 0.29) is 28.3 Å². The fourth-order valence-electron chi connectivity index (χ4n) is 3.30. The van der Waals surface area contributed by atoms with Gasteiger partial charge in [0, 0.05) is 26.7 Å². The van der Waals surface area contributed by atoms with Gasteiger partial charge in [0.1, 0.15) is 5.75 Å². The van der Waals surface area contributed by atoms with E-state index in [0.717, 1.165) is 0 Å². The number of rotatable bonds is 4. The van der Waals surface area contributed by atoms with Crippen LogP contribution in [0.2, 0.25) is 10.0 Å². The van der Waals surface area contributed by atoms with Gasteiger partial charge in [0.25, 0.3) is 0 Å². The molecule has 0 atom stereocenters. The first-order valence-electron chi connectivity index (χ1n) is 10.1. The molecule has 0 aromatic heterocycles. The van der Waals surface area contributed by atoms with E-state index in [1.165, 1.54) is 36.4 Å². The molecule has 1 aliphatic rings. The van der Waals surface area contributed by atoms with E-state index >= 15 is 0 Å². The summed E-state index contributed by atoms with van der Waals surface area (Å²) in [4.78, 5) is 12.2. The molecule has 0 unspecified atom stereocenters. The van der Waals surface area contributed by atoms with Crippen LogP contribution in [0.25, 0.3) is 11.3 Å². The van der Waals surface area contributed by atoms with Gasteiger partial charge < -0.3 is 8.92 Å². The van der Waals surface area contributed by atoms with E-state index in [9.17, 15) is 26.4 Å². The lowest BCUT2D eigenvalue weighted by atomic mass is 9.97. The van der Waals surface area contributed by atoms with Crippen molar-refractivity contribution in [1.82, 2.24) is 0 Å². The van der Waals surface area contributed by atoms with Gasteiger partial charge in [0.05, 0.1) is 5.41 Å². The summed E-state index contributed by atoms with van der Waals surface area (Å²) in [6, 6.07) is 8.63. The average Bonchev–Trinajstić information content (AvgIpc) is 2.85. The summed E-state index contributed by atoms with van der Waals surface area (Å²) in [5.41, 5.74) is -5.33. The van der Waals surface area contributed by atoms with Gasteiger partial charge in [-0.15, -0.1) is 0 Å². The summed E-state index contributed by atoms with van der Waals surface area (Å²) in [6.45, 7) is 5.03. The molecule has 1 aliphatic carbocycles.